The maximum Gasteiger partial charge on any atom is 0.293 e. The normalized spacial score (nSPS) is 13.7. The third kappa shape index (κ3) is 4.16. The first kappa shape index (κ1) is 19.5. The number of hydrogen-bond acceptors (Lipinski definition) is 6. The topological polar surface area (TPSA) is 93.9 Å². The molecule has 148 valence electrons. The molecule has 8 heteroatoms. The highest BCUT2D eigenvalue weighted by Gasteiger charge is 2.23. The number of benzene rings is 2. The van der Waals surface area contributed by atoms with Gasteiger partial charge in [0.2, 0.25) is 0 Å². The average molecular weight is 385 g/mol. The molecule has 0 atom stereocenters. The Morgan fingerprint density at radius 1 is 1.07 bits per heavy atom. The number of nitro benzene ring substituents is 1. The minimum absolute atomic E-state index is 0.0590. The number of methoxy groups -OCH3 is 2. The fraction of sp³-hybridized carbons (Fsp3) is 0.350. The maximum absolute atomic E-state index is 12.7. The van der Waals surface area contributed by atoms with Crippen LogP contribution in [0.5, 0.6) is 11.5 Å². The molecule has 2 aromatic rings. The minimum Gasteiger partial charge on any atom is -0.497 e. The molecule has 1 amide bonds. The van der Waals surface area contributed by atoms with Gasteiger partial charge in [-0.1, -0.05) is 0 Å². The van der Waals surface area contributed by atoms with E-state index < -0.39 is 10.8 Å². The smallest absolute Gasteiger partial charge is 0.293 e. The summed E-state index contributed by atoms with van der Waals surface area (Å²) in [4.78, 5) is 25.8. The first-order chi connectivity index (χ1) is 13.5. The molecule has 8 nitrogen and oxygen atoms in total. The van der Waals surface area contributed by atoms with Gasteiger partial charge in [0.1, 0.15) is 17.2 Å². The lowest BCUT2D eigenvalue weighted by molar-refractivity contribution is -0.384. The van der Waals surface area contributed by atoms with Crippen molar-refractivity contribution < 1.29 is 19.2 Å². The van der Waals surface area contributed by atoms with Crippen molar-refractivity contribution in [1.82, 2.24) is 0 Å². The number of carbonyl (C=O) groups is 1. The zero-order chi connectivity index (χ0) is 20.1. The van der Waals surface area contributed by atoms with Gasteiger partial charge in [0.25, 0.3) is 11.6 Å². The van der Waals surface area contributed by atoms with Crippen LogP contribution in [0.2, 0.25) is 0 Å². The van der Waals surface area contributed by atoms with Gasteiger partial charge in [0.15, 0.2) is 0 Å². The largest absolute Gasteiger partial charge is 0.497 e. The van der Waals surface area contributed by atoms with Crippen molar-refractivity contribution in [2.75, 3.05) is 37.5 Å². The first-order valence-corrected chi connectivity index (χ1v) is 9.10. The number of piperidine rings is 1. The van der Waals surface area contributed by atoms with Gasteiger partial charge >= 0.3 is 0 Å². The summed E-state index contributed by atoms with van der Waals surface area (Å²) in [6, 6.07) is 9.60. The van der Waals surface area contributed by atoms with Crippen molar-refractivity contribution >= 4 is 23.0 Å². The molecule has 0 unspecified atom stereocenters. The number of nitrogens with one attached hydrogen (secondary N) is 1. The predicted octanol–water partition coefficient (Wildman–Crippen LogP) is 3.85. The Kier molecular flexibility index (Phi) is 5.98. The summed E-state index contributed by atoms with van der Waals surface area (Å²) in [6.07, 6.45) is 3.15. The second-order valence-corrected chi connectivity index (χ2v) is 6.53. The molecule has 0 spiro atoms. The monoisotopic (exact) mass is 385 g/mol. The number of rotatable bonds is 6. The van der Waals surface area contributed by atoms with Gasteiger partial charge in [-0.05, 0) is 43.5 Å². The van der Waals surface area contributed by atoms with E-state index in [0.717, 1.165) is 32.4 Å². The van der Waals surface area contributed by atoms with E-state index in [-0.39, 0.29) is 11.3 Å². The molecule has 1 heterocycles. The highest BCUT2D eigenvalue weighted by Crippen LogP contribution is 2.33. The number of anilines is 2. The van der Waals surface area contributed by atoms with Crippen LogP contribution >= 0.6 is 0 Å². The number of hydrogen-bond donors (Lipinski definition) is 1. The second-order valence-electron chi connectivity index (χ2n) is 6.53. The number of nitro groups is 1. The number of amides is 1. The van der Waals surface area contributed by atoms with Crippen LogP contribution in [0.4, 0.5) is 17.1 Å². The van der Waals surface area contributed by atoms with Crippen LogP contribution < -0.4 is 19.7 Å². The summed E-state index contributed by atoms with van der Waals surface area (Å²) in [5.74, 6) is 0.584. The van der Waals surface area contributed by atoms with E-state index in [0.29, 0.717) is 22.9 Å². The molecular weight excluding hydrogens is 362 g/mol. The SMILES string of the molecule is COc1ccc(NC(=O)c2ccc(N3CCCCC3)c([N+](=O)[O-])c2)c(OC)c1. The highest BCUT2D eigenvalue weighted by molar-refractivity contribution is 6.06. The second kappa shape index (κ2) is 8.60. The van der Waals surface area contributed by atoms with E-state index in [1.807, 2.05) is 4.90 Å². The zero-order valence-corrected chi connectivity index (χ0v) is 15.9. The Morgan fingerprint density at radius 3 is 2.46 bits per heavy atom. The Labute approximate surface area is 163 Å². The summed E-state index contributed by atoms with van der Waals surface area (Å²) in [6.45, 7) is 1.57. The number of ether oxygens (including phenoxy) is 2. The van der Waals surface area contributed by atoms with Gasteiger partial charge in [-0.2, -0.15) is 0 Å². The third-order valence-corrected chi connectivity index (χ3v) is 4.79. The summed E-state index contributed by atoms with van der Waals surface area (Å²) in [5, 5.41) is 14.3. The lowest BCUT2D eigenvalue weighted by atomic mass is 10.1. The fourth-order valence-corrected chi connectivity index (χ4v) is 3.31. The van der Waals surface area contributed by atoms with E-state index in [1.165, 1.54) is 20.3 Å². The Hall–Kier alpha value is -3.29. The van der Waals surface area contributed by atoms with Crippen molar-refractivity contribution in [2.24, 2.45) is 0 Å². The standard InChI is InChI=1S/C20H23N3O5/c1-27-15-7-8-16(19(13-15)28-2)21-20(24)14-6-9-17(18(12-14)23(25)26)22-10-4-3-5-11-22/h6-9,12-13H,3-5,10-11H2,1-2H3,(H,21,24). The quantitative estimate of drug-likeness (QED) is 0.599. The molecule has 0 saturated carbocycles. The van der Waals surface area contributed by atoms with Crippen LogP contribution in [0, 0.1) is 10.1 Å². The van der Waals surface area contributed by atoms with Crippen LogP contribution in [-0.2, 0) is 0 Å². The van der Waals surface area contributed by atoms with Crippen molar-refractivity contribution in [2.45, 2.75) is 19.3 Å². The molecular formula is C20H23N3O5. The lowest BCUT2D eigenvalue weighted by Crippen LogP contribution is -2.30. The Morgan fingerprint density at radius 2 is 1.82 bits per heavy atom. The van der Waals surface area contributed by atoms with E-state index in [4.69, 9.17) is 9.47 Å². The molecule has 28 heavy (non-hydrogen) atoms. The molecule has 1 aliphatic heterocycles. The summed E-state index contributed by atoms with van der Waals surface area (Å²) >= 11 is 0. The van der Waals surface area contributed by atoms with E-state index in [2.05, 4.69) is 5.32 Å². The van der Waals surface area contributed by atoms with Gasteiger partial charge in [0, 0.05) is 30.8 Å². The molecule has 1 N–H and O–H groups in total. The predicted molar refractivity (Wildman–Crippen MR) is 107 cm³/mol. The van der Waals surface area contributed by atoms with Crippen LogP contribution in [0.25, 0.3) is 0 Å². The molecule has 1 saturated heterocycles. The summed E-state index contributed by atoms with van der Waals surface area (Å²) < 4.78 is 10.4. The highest BCUT2D eigenvalue weighted by atomic mass is 16.6. The molecule has 1 fully saturated rings. The fourth-order valence-electron chi connectivity index (χ4n) is 3.31. The molecule has 0 aliphatic carbocycles. The van der Waals surface area contributed by atoms with Crippen LogP contribution in [0.3, 0.4) is 0 Å². The molecule has 3 rings (SSSR count). The van der Waals surface area contributed by atoms with E-state index in [1.54, 1.807) is 30.3 Å². The van der Waals surface area contributed by atoms with E-state index in [9.17, 15) is 14.9 Å². The van der Waals surface area contributed by atoms with Crippen molar-refractivity contribution in [3.8, 4) is 11.5 Å². The van der Waals surface area contributed by atoms with Crippen LogP contribution in [0.15, 0.2) is 36.4 Å². The summed E-state index contributed by atoms with van der Waals surface area (Å²) in [5.41, 5.74) is 1.17. The van der Waals surface area contributed by atoms with Gasteiger partial charge < -0.3 is 19.7 Å². The zero-order valence-electron chi connectivity index (χ0n) is 15.9. The Balaban J connectivity index is 1.86. The van der Waals surface area contributed by atoms with E-state index >= 15 is 0 Å². The van der Waals surface area contributed by atoms with Crippen molar-refractivity contribution in [3.05, 3.63) is 52.1 Å². The number of carbonyl (C=O) groups excluding carboxylic acids is 1. The molecule has 0 bridgehead atoms. The summed E-state index contributed by atoms with van der Waals surface area (Å²) in [7, 11) is 3.03. The van der Waals surface area contributed by atoms with Crippen LogP contribution in [0.1, 0.15) is 29.6 Å². The van der Waals surface area contributed by atoms with Gasteiger partial charge in [-0.15, -0.1) is 0 Å². The maximum atomic E-state index is 12.7. The van der Waals surface area contributed by atoms with Crippen molar-refractivity contribution in [3.63, 3.8) is 0 Å². The van der Waals surface area contributed by atoms with Gasteiger partial charge in [-0.25, -0.2) is 0 Å². The number of nitrogens with zero attached hydrogens (tertiary/aromatic N) is 2. The van der Waals surface area contributed by atoms with Crippen molar-refractivity contribution in [1.29, 1.82) is 0 Å². The molecule has 0 radical (unpaired) electrons. The van der Waals surface area contributed by atoms with Gasteiger partial charge in [0.05, 0.1) is 24.8 Å². The molecule has 1 aliphatic rings. The third-order valence-electron chi connectivity index (χ3n) is 4.79. The average Bonchev–Trinajstić information content (AvgIpc) is 2.74. The van der Waals surface area contributed by atoms with Crippen LogP contribution in [-0.4, -0.2) is 38.1 Å². The lowest BCUT2D eigenvalue weighted by Gasteiger charge is -2.28. The Bertz CT molecular complexity index is 878. The molecule has 0 aromatic heterocycles. The molecule has 2 aromatic carbocycles. The first-order valence-electron chi connectivity index (χ1n) is 9.10. The minimum atomic E-state index is -0.447. The van der Waals surface area contributed by atoms with Gasteiger partial charge in [-0.3, -0.25) is 14.9 Å².